The molecule has 11 heteroatoms. The predicted octanol–water partition coefficient (Wildman–Crippen LogP) is 3.28. The van der Waals surface area contributed by atoms with Crippen LogP contribution in [0.1, 0.15) is 11.3 Å². The molecular formula is C18H16F3N3O4S. The van der Waals surface area contributed by atoms with Gasteiger partial charge in [-0.05, 0) is 18.2 Å². The Bertz CT molecular complexity index is 1110. The van der Waals surface area contributed by atoms with Crippen molar-refractivity contribution in [2.24, 2.45) is 0 Å². The van der Waals surface area contributed by atoms with Gasteiger partial charge in [-0.15, -0.1) is 0 Å². The molecule has 0 aliphatic carbocycles. The quantitative estimate of drug-likeness (QED) is 0.601. The van der Waals surface area contributed by atoms with Gasteiger partial charge in [0.05, 0.1) is 12.0 Å². The average molecular weight is 427 g/mol. The number of alkyl halides is 3. The highest BCUT2D eigenvalue weighted by Gasteiger charge is 2.35. The highest BCUT2D eigenvalue weighted by Crippen LogP contribution is 2.32. The molecule has 29 heavy (non-hydrogen) atoms. The topological polar surface area (TPSA) is 83.3 Å². The van der Waals surface area contributed by atoms with Gasteiger partial charge in [0.15, 0.2) is 21.3 Å². The Labute approximate surface area is 164 Å². The normalized spacial score (nSPS) is 12.0. The van der Waals surface area contributed by atoms with Gasteiger partial charge in [0.2, 0.25) is 5.88 Å². The summed E-state index contributed by atoms with van der Waals surface area (Å²) >= 11 is 0. The summed E-state index contributed by atoms with van der Waals surface area (Å²) in [4.78, 5) is 3.84. The number of pyridine rings is 1. The number of methoxy groups -OCH3 is 1. The van der Waals surface area contributed by atoms with Gasteiger partial charge >= 0.3 is 6.18 Å². The van der Waals surface area contributed by atoms with Crippen LogP contribution in [0.4, 0.5) is 13.2 Å². The van der Waals surface area contributed by atoms with E-state index in [0.717, 1.165) is 23.2 Å². The molecule has 2 heterocycles. The second kappa shape index (κ2) is 7.74. The predicted molar refractivity (Wildman–Crippen MR) is 96.8 cm³/mol. The molecule has 0 N–H and O–H groups in total. The van der Waals surface area contributed by atoms with E-state index < -0.39 is 21.7 Å². The van der Waals surface area contributed by atoms with Crippen LogP contribution in [-0.2, 0) is 22.6 Å². The van der Waals surface area contributed by atoms with Crippen LogP contribution >= 0.6 is 0 Å². The van der Waals surface area contributed by atoms with E-state index >= 15 is 0 Å². The SMILES string of the molecule is COc1ccccc1COc1cc(C(F)(F)F)nn1-c1ccc(S(C)(=O)=O)cn1. The first-order chi connectivity index (χ1) is 13.6. The lowest BCUT2D eigenvalue weighted by atomic mass is 10.2. The van der Waals surface area contributed by atoms with Gasteiger partial charge in [0.25, 0.3) is 0 Å². The van der Waals surface area contributed by atoms with Crippen LogP contribution < -0.4 is 9.47 Å². The van der Waals surface area contributed by atoms with Gasteiger partial charge in [-0.2, -0.15) is 23.0 Å². The van der Waals surface area contributed by atoms with Gasteiger partial charge in [0.1, 0.15) is 12.4 Å². The molecule has 0 saturated carbocycles. The highest BCUT2D eigenvalue weighted by atomic mass is 32.2. The summed E-state index contributed by atoms with van der Waals surface area (Å²) in [6.07, 6.45) is -2.65. The minimum atomic E-state index is -4.69. The van der Waals surface area contributed by atoms with Crippen molar-refractivity contribution in [3.63, 3.8) is 0 Å². The van der Waals surface area contributed by atoms with Crippen LogP contribution in [0.25, 0.3) is 5.82 Å². The number of para-hydroxylation sites is 1. The lowest BCUT2D eigenvalue weighted by Gasteiger charge is -2.11. The molecule has 0 aliphatic rings. The molecule has 3 aromatic rings. The summed E-state index contributed by atoms with van der Waals surface area (Å²) < 4.78 is 74.2. The van der Waals surface area contributed by atoms with Crippen molar-refractivity contribution in [3.8, 4) is 17.4 Å². The Hall–Kier alpha value is -3.08. The van der Waals surface area contributed by atoms with Crippen molar-refractivity contribution < 1.29 is 31.1 Å². The first-order valence-corrected chi connectivity index (χ1v) is 10.1. The fourth-order valence-corrected chi connectivity index (χ4v) is 3.02. The number of sulfone groups is 1. The lowest BCUT2D eigenvalue weighted by molar-refractivity contribution is -0.141. The van der Waals surface area contributed by atoms with Crippen molar-refractivity contribution >= 4 is 9.84 Å². The first-order valence-electron chi connectivity index (χ1n) is 8.18. The number of benzene rings is 1. The molecule has 7 nitrogen and oxygen atoms in total. The van der Waals surface area contributed by atoms with E-state index in [1.807, 2.05) is 0 Å². The van der Waals surface area contributed by atoms with Crippen LogP contribution in [0, 0.1) is 0 Å². The maximum atomic E-state index is 13.1. The zero-order valence-corrected chi connectivity index (χ0v) is 16.2. The Kier molecular flexibility index (Phi) is 5.51. The molecular weight excluding hydrogens is 411 g/mol. The van der Waals surface area contributed by atoms with Crippen molar-refractivity contribution in [2.75, 3.05) is 13.4 Å². The highest BCUT2D eigenvalue weighted by molar-refractivity contribution is 7.90. The van der Waals surface area contributed by atoms with Crippen molar-refractivity contribution in [3.05, 3.63) is 59.9 Å². The molecule has 2 aromatic heterocycles. The Morgan fingerprint density at radius 3 is 2.45 bits per heavy atom. The van der Waals surface area contributed by atoms with Gasteiger partial charge in [-0.3, -0.25) is 0 Å². The van der Waals surface area contributed by atoms with E-state index in [-0.39, 0.29) is 23.2 Å². The molecule has 0 spiro atoms. The number of nitrogens with zero attached hydrogens (tertiary/aromatic N) is 3. The van der Waals surface area contributed by atoms with Crippen LogP contribution in [-0.4, -0.2) is 36.5 Å². The monoisotopic (exact) mass is 427 g/mol. The smallest absolute Gasteiger partial charge is 0.435 e. The Balaban J connectivity index is 1.97. The molecule has 0 unspecified atom stereocenters. The van der Waals surface area contributed by atoms with Crippen molar-refractivity contribution in [1.29, 1.82) is 0 Å². The minimum Gasteiger partial charge on any atom is -0.496 e. The van der Waals surface area contributed by atoms with Gasteiger partial charge < -0.3 is 9.47 Å². The number of aromatic nitrogens is 3. The second-order valence-corrected chi connectivity index (χ2v) is 8.02. The van der Waals surface area contributed by atoms with E-state index in [2.05, 4.69) is 10.1 Å². The Morgan fingerprint density at radius 2 is 1.86 bits per heavy atom. The van der Waals surface area contributed by atoms with Crippen LogP contribution in [0.2, 0.25) is 0 Å². The van der Waals surface area contributed by atoms with Gasteiger partial charge in [0, 0.05) is 24.1 Å². The molecule has 0 atom stereocenters. The van der Waals surface area contributed by atoms with E-state index in [0.29, 0.717) is 11.3 Å². The molecule has 0 aliphatic heterocycles. The summed E-state index contributed by atoms with van der Waals surface area (Å²) in [5, 5.41) is 3.52. The van der Waals surface area contributed by atoms with Crippen molar-refractivity contribution in [1.82, 2.24) is 14.8 Å². The van der Waals surface area contributed by atoms with Gasteiger partial charge in [-0.25, -0.2) is 13.4 Å². The van der Waals surface area contributed by atoms with E-state index in [1.54, 1.807) is 24.3 Å². The molecule has 3 rings (SSSR count). The Morgan fingerprint density at radius 1 is 1.14 bits per heavy atom. The standard InChI is InChI=1S/C18H16F3N3O4S/c1-27-14-6-4-3-5-12(14)11-28-17-9-15(18(19,20)21)23-24(17)16-8-7-13(10-22-16)29(2,25)26/h3-10H,11H2,1-2H3. The van der Waals surface area contributed by atoms with Crippen molar-refractivity contribution in [2.45, 2.75) is 17.7 Å². The van der Waals surface area contributed by atoms with E-state index in [9.17, 15) is 21.6 Å². The third kappa shape index (κ3) is 4.67. The average Bonchev–Trinajstić information content (AvgIpc) is 3.10. The van der Waals surface area contributed by atoms with E-state index in [4.69, 9.17) is 9.47 Å². The fourth-order valence-electron chi connectivity index (χ4n) is 2.46. The summed E-state index contributed by atoms with van der Waals surface area (Å²) in [5.41, 5.74) is -0.543. The molecule has 1 aromatic carbocycles. The number of hydrogen-bond acceptors (Lipinski definition) is 6. The fraction of sp³-hybridized carbons (Fsp3) is 0.222. The molecule has 0 bridgehead atoms. The maximum Gasteiger partial charge on any atom is 0.435 e. The summed E-state index contributed by atoms with van der Waals surface area (Å²) in [5.74, 6) is 0.288. The molecule has 154 valence electrons. The van der Waals surface area contributed by atoms with Crippen LogP contribution in [0.3, 0.4) is 0 Å². The third-order valence-corrected chi connectivity index (χ3v) is 5.00. The molecule has 0 radical (unpaired) electrons. The zero-order valence-electron chi connectivity index (χ0n) is 15.3. The zero-order chi connectivity index (χ0) is 21.2. The van der Waals surface area contributed by atoms with Crippen LogP contribution in [0.5, 0.6) is 11.6 Å². The number of rotatable bonds is 6. The third-order valence-electron chi connectivity index (χ3n) is 3.90. The number of halogens is 3. The molecule has 0 saturated heterocycles. The summed E-state index contributed by atoms with van der Waals surface area (Å²) in [6.45, 7) is -0.0750. The number of ether oxygens (including phenoxy) is 2. The summed E-state index contributed by atoms with van der Waals surface area (Å²) in [7, 11) is -2.03. The van der Waals surface area contributed by atoms with Gasteiger partial charge in [-0.1, -0.05) is 18.2 Å². The molecule has 0 fully saturated rings. The maximum absolute atomic E-state index is 13.1. The lowest BCUT2D eigenvalue weighted by Crippen LogP contribution is -2.09. The van der Waals surface area contributed by atoms with E-state index in [1.165, 1.54) is 19.2 Å². The first kappa shape index (κ1) is 20.6. The van der Waals surface area contributed by atoms with Crippen LogP contribution in [0.15, 0.2) is 53.6 Å². The number of hydrogen-bond donors (Lipinski definition) is 0. The summed E-state index contributed by atoms with van der Waals surface area (Å²) in [6, 6.07) is 10.1. The molecule has 0 amide bonds. The second-order valence-electron chi connectivity index (χ2n) is 6.00. The minimum absolute atomic E-state index is 0.0251. The largest absolute Gasteiger partial charge is 0.496 e.